The van der Waals surface area contributed by atoms with E-state index in [1.165, 1.54) is 13.0 Å². The zero-order valence-corrected chi connectivity index (χ0v) is 17.3. The van der Waals surface area contributed by atoms with Crippen LogP contribution in [0.1, 0.15) is 51.5 Å². The van der Waals surface area contributed by atoms with Gasteiger partial charge in [0.15, 0.2) is 11.5 Å². The van der Waals surface area contributed by atoms with Crippen molar-refractivity contribution < 1.29 is 33.3 Å². The van der Waals surface area contributed by atoms with Gasteiger partial charge in [-0.25, -0.2) is 9.59 Å². The second-order valence-electron chi connectivity index (χ2n) is 6.67. The Hall–Kier alpha value is -2.35. The van der Waals surface area contributed by atoms with E-state index < -0.39 is 23.7 Å². The first-order valence-electron chi connectivity index (χ1n) is 9.17. The number of carbonyl (C=O) groups excluding carboxylic acids is 3. The summed E-state index contributed by atoms with van der Waals surface area (Å²) in [5.74, 6) is -2.48. The second-order valence-corrected chi connectivity index (χ2v) is 7.52. The molecule has 3 rings (SSSR count). The summed E-state index contributed by atoms with van der Waals surface area (Å²) in [6.07, 6.45) is 5.15. The number of halogens is 1. The maximum absolute atomic E-state index is 12.5. The van der Waals surface area contributed by atoms with Crippen LogP contribution >= 0.6 is 15.9 Å². The molecule has 1 aliphatic heterocycles. The molecule has 1 aromatic rings. The van der Waals surface area contributed by atoms with E-state index in [1.807, 2.05) is 0 Å². The molecule has 1 saturated carbocycles. The van der Waals surface area contributed by atoms with Crippen LogP contribution in [0.4, 0.5) is 0 Å². The lowest BCUT2D eigenvalue weighted by Crippen LogP contribution is -2.47. The minimum absolute atomic E-state index is 0.189. The first-order valence-corrected chi connectivity index (χ1v) is 9.96. The Morgan fingerprint density at radius 2 is 1.82 bits per heavy atom. The van der Waals surface area contributed by atoms with E-state index in [0.29, 0.717) is 35.2 Å². The van der Waals surface area contributed by atoms with Gasteiger partial charge in [-0.3, -0.25) is 4.79 Å². The summed E-state index contributed by atoms with van der Waals surface area (Å²) in [5, 5.41) is 0. The summed E-state index contributed by atoms with van der Waals surface area (Å²) in [7, 11) is 0. The summed E-state index contributed by atoms with van der Waals surface area (Å²) < 4.78 is 22.1. The lowest BCUT2D eigenvalue weighted by Gasteiger charge is -2.38. The zero-order chi connectivity index (χ0) is 20.3. The molecule has 8 heteroatoms. The molecule has 1 aromatic carbocycles. The van der Waals surface area contributed by atoms with E-state index in [-0.39, 0.29) is 11.3 Å². The van der Waals surface area contributed by atoms with Crippen molar-refractivity contribution in [2.24, 2.45) is 0 Å². The van der Waals surface area contributed by atoms with Crippen molar-refractivity contribution in [3.8, 4) is 11.5 Å². The van der Waals surface area contributed by atoms with Crippen LogP contribution < -0.4 is 9.47 Å². The number of carbonyl (C=O) groups is 3. The fourth-order valence-electron chi connectivity index (χ4n) is 3.31. The Morgan fingerprint density at radius 1 is 1.18 bits per heavy atom. The van der Waals surface area contributed by atoms with Crippen LogP contribution in [0, 0.1) is 0 Å². The molecule has 0 amide bonds. The molecule has 0 bridgehead atoms. The summed E-state index contributed by atoms with van der Waals surface area (Å²) in [4.78, 5) is 36.3. The van der Waals surface area contributed by atoms with Gasteiger partial charge in [0.05, 0.1) is 11.1 Å². The van der Waals surface area contributed by atoms with Crippen molar-refractivity contribution in [2.75, 3.05) is 6.61 Å². The minimum atomic E-state index is -1.12. The predicted octanol–water partition coefficient (Wildman–Crippen LogP) is 3.92. The second kappa shape index (κ2) is 8.34. The van der Waals surface area contributed by atoms with Gasteiger partial charge in [-0.1, -0.05) is 6.42 Å². The Balaban J connectivity index is 1.91. The normalized spacial score (nSPS) is 18.3. The van der Waals surface area contributed by atoms with Gasteiger partial charge in [0.1, 0.15) is 5.57 Å². The van der Waals surface area contributed by atoms with Crippen LogP contribution in [-0.4, -0.2) is 30.3 Å². The fourth-order valence-corrected chi connectivity index (χ4v) is 3.85. The van der Waals surface area contributed by atoms with E-state index in [1.54, 1.807) is 19.1 Å². The predicted molar refractivity (Wildman–Crippen MR) is 103 cm³/mol. The van der Waals surface area contributed by atoms with Gasteiger partial charge in [-0.05, 0) is 59.5 Å². The third-order valence-corrected chi connectivity index (χ3v) is 5.09. The van der Waals surface area contributed by atoms with Crippen molar-refractivity contribution in [3.63, 3.8) is 0 Å². The molecule has 1 spiro atoms. The molecule has 7 nitrogen and oxygen atoms in total. The molecular formula is C20H21BrO7. The maximum atomic E-state index is 12.5. The number of hydrogen-bond donors (Lipinski definition) is 0. The lowest BCUT2D eigenvalue weighted by atomic mass is 9.93. The summed E-state index contributed by atoms with van der Waals surface area (Å²) in [6.45, 7) is 3.41. The van der Waals surface area contributed by atoms with E-state index in [4.69, 9.17) is 18.9 Å². The summed E-state index contributed by atoms with van der Waals surface area (Å²) in [6, 6.07) is 3.18. The first-order chi connectivity index (χ1) is 13.3. The minimum Gasteiger partial charge on any atom is -0.490 e. The highest BCUT2D eigenvalue weighted by Gasteiger charge is 2.46. The van der Waals surface area contributed by atoms with Gasteiger partial charge in [-0.15, -0.1) is 0 Å². The van der Waals surface area contributed by atoms with Crippen molar-refractivity contribution >= 4 is 39.9 Å². The Kier molecular flexibility index (Phi) is 6.07. The largest absolute Gasteiger partial charge is 0.490 e. The van der Waals surface area contributed by atoms with E-state index >= 15 is 0 Å². The van der Waals surface area contributed by atoms with Crippen molar-refractivity contribution in [3.05, 3.63) is 27.7 Å². The molecule has 0 atom stereocenters. The first kappa shape index (κ1) is 20.4. The summed E-state index contributed by atoms with van der Waals surface area (Å²) in [5.41, 5.74) is 0.306. The fraction of sp³-hybridized carbons (Fsp3) is 0.450. The lowest BCUT2D eigenvalue weighted by molar-refractivity contribution is -0.244. The zero-order valence-electron chi connectivity index (χ0n) is 15.7. The van der Waals surface area contributed by atoms with Crippen LogP contribution in [0.25, 0.3) is 6.08 Å². The highest BCUT2D eigenvalue weighted by atomic mass is 79.9. The Morgan fingerprint density at radius 3 is 2.39 bits per heavy atom. The van der Waals surface area contributed by atoms with E-state index in [0.717, 1.165) is 19.3 Å². The van der Waals surface area contributed by atoms with Crippen LogP contribution in [0.3, 0.4) is 0 Å². The standard InChI is InChI=1S/C20H21BrO7/c1-3-25-16-11-13(10-15(21)17(16)26-12(2)22)9-14-18(23)27-20(28-19(14)24)7-5-4-6-8-20/h9-11H,3-8H2,1-2H3. The highest BCUT2D eigenvalue weighted by molar-refractivity contribution is 9.10. The van der Waals surface area contributed by atoms with E-state index in [2.05, 4.69) is 15.9 Å². The average molecular weight is 453 g/mol. The van der Waals surface area contributed by atoms with Gasteiger partial charge >= 0.3 is 17.9 Å². The van der Waals surface area contributed by atoms with E-state index in [9.17, 15) is 14.4 Å². The molecule has 0 radical (unpaired) electrons. The summed E-state index contributed by atoms with van der Waals surface area (Å²) >= 11 is 3.33. The number of rotatable bonds is 4. The molecule has 0 N–H and O–H groups in total. The number of benzene rings is 1. The smallest absolute Gasteiger partial charge is 0.348 e. The molecule has 1 saturated heterocycles. The van der Waals surface area contributed by atoms with Crippen LogP contribution in [-0.2, 0) is 23.9 Å². The topological polar surface area (TPSA) is 88.1 Å². The van der Waals surface area contributed by atoms with Crippen molar-refractivity contribution in [1.82, 2.24) is 0 Å². The molecule has 0 aromatic heterocycles. The third-order valence-electron chi connectivity index (χ3n) is 4.50. The van der Waals surface area contributed by atoms with Crippen LogP contribution in [0.2, 0.25) is 0 Å². The third kappa shape index (κ3) is 4.38. The average Bonchev–Trinajstić information content (AvgIpc) is 2.62. The number of ether oxygens (including phenoxy) is 4. The van der Waals surface area contributed by atoms with Crippen LogP contribution in [0.15, 0.2) is 22.2 Å². The number of hydrogen-bond acceptors (Lipinski definition) is 7. The molecule has 1 aliphatic carbocycles. The Bertz CT molecular complexity index is 815. The molecule has 28 heavy (non-hydrogen) atoms. The van der Waals surface area contributed by atoms with Gasteiger partial charge < -0.3 is 18.9 Å². The quantitative estimate of drug-likeness (QED) is 0.296. The van der Waals surface area contributed by atoms with Gasteiger partial charge in [0.2, 0.25) is 0 Å². The van der Waals surface area contributed by atoms with Gasteiger partial charge in [-0.2, -0.15) is 0 Å². The van der Waals surface area contributed by atoms with Crippen LogP contribution in [0.5, 0.6) is 11.5 Å². The van der Waals surface area contributed by atoms with Gasteiger partial charge in [0.25, 0.3) is 5.79 Å². The molecule has 2 fully saturated rings. The highest BCUT2D eigenvalue weighted by Crippen LogP contribution is 2.40. The maximum Gasteiger partial charge on any atom is 0.348 e. The molecule has 150 valence electrons. The van der Waals surface area contributed by atoms with Crippen molar-refractivity contribution in [2.45, 2.75) is 51.7 Å². The Labute approximate surface area is 171 Å². The molecule has 0 unspecified atom stereocenters. The SMILES string of the molecule is CCOc1cc(C=C2C(=O)OC3(CCCCC3)OC2=O)cc(Br)c1OC(C)=O. The molecule has 1 heterocycles. The van der Waals surface area contributed by atoms with Gasteiger partial charge in [0, 0.05) is 19.8 Å². The van der Waals surface area contributed by atoms with Crippen molar-refractivity contribution in [1.29, 1.82) is 0 Å². The molecular weight excluding hydrogens is 432 g/mol. The molecule has 2 aliphatic rings. The number of esters is 3. The monoisotopic (exact) mass is 452 g/mol.